The van der Waals surface area contributed by atoms with Gasteiger partial charge in [0.25, 0.3) is 0 Å². The van der Waals surface area contributed by atoms with Crippen molar-refractivity contribution in [2.45, 2.75) is 37.2 Å². The Morgan fingerprint density at radius 2 is 2.12 bits per heavy atom. The molecule has 1 heterocycles. The minimum Gasteiger partial charge on any atom is -0.375 e. The lowest BCUT2D eigenvalue weighted by Gasteiger charge is -2.36. The fourth-order valence-electron chi connectivity index (χ4n) is 2.22. The molecule has 88 valence electrons. The molecule has 1 fully saturated rings. The molecule has 2 rings (SSSR count). The number of rotatable bonds is 2. The minimum atomic E-state index is -0.0987. The lowest BCUT2D eigenvalue weighted by atomic mass is 9.89. The molecule has 1 aliphatic heterocycles. The Bertz CT molecular complexity index is 351. The van der Waals surface area contributed by atoms with Gasteiger partial charge in [-0.3, -0.25) is 0 Å². The smallest absolute Gasteiger partial charge is 0.0708 e. The highest BCUT2D eigenvalue weighted by Gasteiger charge is 2.32. The highest BCUT2D eigenvalue weighted by molar-refractivity contribution is 9.10. The Labute approximate surface area is 110 Å². The molecule has 1 aromatic rings. The summed E-state index contributed by atoms with van der Waals surface area (Å²) in [4.78, 5) is 0. The molecule has 0 radical (unpaired) electrons. The molecule has 1 saturated heterocycles. The maximum atomic E-state index is 6.20. The number of alkyl halides is 1. The van der Waals surface area contributed by atoms with Crippen LogP contribution in [0.4, 0.5) is 0 Å². The van der Waals surface area contributed by atoms with Gasteiger partial charge >= 0.3 is 0 Å². The van der Waals surface area contributed by atoms with Gasteiger partial charge in [0.2, 0.25) is 0 Å². The molecular formula is C13H16BrClO. The minimum absolute atomic E-state index is 0.0987. The van der Waals surface area contributed by atoms with Crippen molar-refractivity contribution in [3.05, 3.63) is 34.3 Å². The van der Waals surface area contributed by atoms with Gasteiger partial charge in [0, 0.05) is 22.9 Å². The summed E-state index contributed by atoms with van der Waals surface area (Å²) >= 11 is 9.65. The van der Waals surface area contributed by atoms with Gasteiger partial charge in [0.05, 0.1) is 5.60 Å². The van der Waals surface area contributed by atoms with Crippen molar-refractivity contribution in [1.29, 1.82) is 0 Å². The highest BCUT2D eigenvalue weighted by Crippen LogP contribution is 2.31. The Balaban J connectivity index is 2.05. The number of hydrogen-bond acceptors (Lipinski definition) is 1. The number of hydrogen-bond donors (Lipinski definition) is 0. The summed E-state index contributed by atoms with van der Waals surface area (Å²) in [5, 5.41) is 0.259. The second kappa shape index (κ2) is 5.07. The van der Waals surface area contributed by atoms with Crippen LogP contribution >= 0.6 is 27.5 Å². The topological polar surface area (TPSA) is 9.23 Å². The van der Waals surface area contributed by atoms with Crippen LogP contribution in [0.2, 0.25) is 0 Å². The van der Waals surface area contributed by atoms with Gasteiger partial charge in [-0.25, -0.2) is 0 Å². The van der Waals surface area contributed by atoms with Gasteiger partial charge in [-0.05, 0) is 37.5 Å². The third-order valence-corrected chi connectivity index (χ3v) is 3.93. The standard InChI is InChI=1S/C13H16BrClO/c1-13(9-12(15)6-7-16-13)8-10-2-4-11(14)5-3-10/h2-5,12H,6-9H2,1H3. The lowest BCUT2D eigenvalue weighted by molar-refractivity contribution is -0.0625. The number of benzene rings is 1. The number of ether oxygens (including phenoxy) is 1. The molecule has 0 aromatic heterocycles. The van der Waals surface area contributed by atoms with Crippen molar-refractivity contribution in [1.82, 2.24) is 0 Å². The van der Waals surface area contributed by atoms with Crippen LogP contribution in [0.5, 0.6) is 0 Å². The second-order valence-corrected chi connectivity index (χ2v) is 6.22. The van der Waals surface area contributed by atoms with Crippen LogP contribution in [-0.2, 0) is 11.2 Å². The van der Waals surface area contributed by atoms with Gasteiger partial charge in [-0.1, -0.05) is 28.1 Å². The van der Waals surface area contributed by atoms with Crippen molar-refractivity contribution in [2.75, 3.05) is 6.61 Å². The van der Waals surface area contributed by atoms with E-state index in [0.29, 0.717) is 0 Å². The van der Waals surface area contributed by atoms with E-state index in [9.17, 15) is 0 Å². The van der Waals surface area contributed by atoms with Crippen molar-refractivity contribution >= 4 is 27.5 Å². The number of halogens is 2. The van der Waals surface area contributed by atoms with E-state index >= 15 is 0 Å². The normalized spacial score (nSPS) is 30.3. The monoisotopic (exact) mass is 302 g/mol. The van der Waals surface area contributed by atoms with E-state index < -0.39 is 0 Å². The SMILES string of the molecule is CC1(Cc2ccc(Br)cc2)CC(Cl)CCO1. The molecule has 0 N–H and O–H groups in total. The van der Waals surface area contributed by atoms with Crippen molar-refractivity contribution in [2.24, 2.45) is 0 Å². The molecule has 0 aliphatic carbocycles. The average molecular weight is 304 g/mol. The lowest BCUT2D eigenvalue weighted by Crippen LogP contribution is -2.39. The Hall–Kier alpha value is -0.0500. The summed E-state index contributed by atoms with van der Waals surface area (Å²) < 4.78 is 6.99. The molecule has 1 nitrogen and oxygen atoms in total. The third-order valence-electron chi connectivity index (χ3n) is 3.03. The third kappa shape index (κ3) is 3.22. The van der Waals surface area contributed by atoms with E-state index in [1.54, 1.807) is 0 Å². The average Bonchev–Trinajstić information content (AvgIpc) is 2.21. The predicted octanol–water partition coefficient (Wildman–Crippen LogP) is 4.17. The van der Waals surface area contributed by atoms with E-state index in [2.05, 4.69) is 47.1 Å². The fraction of sp³-hybridized carbons (Fsp3) is 0.538. The van der Waals surface area contributed by atoms with Crippen LogP contribution in [0.25, 0.3) is 0 Å². The van der Waals surface area contributed by atoms with Gasteiger partial charge in [0.15, 0.2) is 0 Å². The first kappa shape index (κ1) is 12.4. The molecule has 2 atom stereocenters. The Morgan fingerprint density at radius 3 is 2.75 bits per heavy atom. The second-order valence-electron chi connectivity index (χ2n) is 4.69. The zero-order chi connectivity index (χ0) is 11.6. The van der Waals surface area contributed by atoms with E-state index in [1.165, 1.54) is 5.56 Å². The molecule has 0 amide bonds. The molecule has 0 spiro atoms. The van der Waals surface area contributed by atoms with Gasteiger partial charge in [-0.2, -0.15) is 0 Å². The highest BCUT2D eigenvalue weighted by atomic mass is 79.9. The zero-order valence-corrected chi connectivity index (χ0v) is 11.7. The van der Waals surface area contributed by atoms with Crippen LogP contribution in [0.1, 0.15) is 25.3 Å². The molecular weight excluding hydrogens is 287 g/mol. The van der Waals surface area contributed by atoms with Gasteiger partial charge in [0.1, 0.15) is 0 Å². The molecule has 0 bridgehead atoms. The zero-order valence-electron chi connectivity index (χ0n) is 9.38. The Morgan fingerprint density at radius 1 is 1.44 bits per heavy atom. The van der Waals surface area contributed by atoms with Gasteiger partial charge in [-0.15, -0.1) is 11.6 Å². The van der Waals surface area contributed by atoms with Crippen LogP contribution in [0.3, 0.4) is 0 Å². The molecule has 1 aromatic carbocycles. The van der Waals surface area contributed by atoms with E-state index in [0.717, 1.165) is 30.3 Å². The maximum Gasteiger partial charge on any atom is 0.0708 e. The van der Waals surface area contributed by atoms with Crippen LogP contribution in [-0.4, -0.2) is 17.6 Å². The fourth-order valence-corrected chi connectivity index (χ4v) is 2.90. The van der Waals surface area contributed by atoms with E-state index in [4.69, 9.17) is 16.3 Å². The van der Waals surface area contributed by atoms with Crippen LogP contribution < -0.4 is 0 Å². The van der Waals surface area contributed by atoms with Crippen molar-refractivity contribution < 1.29 is 4.74 Å². The molecule has 3 heteroatoms. The maximum absolute atomic E-state index is 6.20. The molecule has 0 saturated carbocycles. The van der Waals surface area contributed by atoms with E-state index in [1.807, 2.05) is 0 Å². The van der Waals surface area contributed by atoms with E-state index in [-0.39, 0.29) is 11.0 Å². The van der Waals surface area contributed by atoms with Crippen LogP contribution in [0.15, 0.2) is 28.7 Å². The summed E-state index contributed by atoms with van der Waals surface area (Å²) in [6.07, 6.45) is 2.84. The largest absolute Gasteiger partial charge is 0.375 e. The predicted molar refractivity (Wildman–Crippen MR) is 71.1 cm³/mol. The summed E-state index contributed by atoms with van der Waals surface area (Å²) in [6.45, 7) is 2.94. The van der Waals surface area contributed by atoms with Gasteiger partial charge < -0.3 is 4.74 Å². The summed E-state index contributed by atoms with van der Waals surface area (Å²) in [7, 11) is 0. The summed E-state index contributed by atoms with van der Waals surface area (Å²) in [5.41, 5.74) is 1.20. The molecule has 16 heavy (non-hydrogen) atoms. The summed E-state index contributed by atoms with van der Waals surface area (Å²) in [6, 6.07) is 8.41. The van der Waals surface area contributed by atoms with Crippen molar-refractivity contribution in [3.63, 3.8) is 0 Å². The molecule has 1 aliphatic rings. The quantitative estimate of drug-likeness (QED) is 0.745. The van der Waals surface area contributed by atoms with Crippen molar-refractivity contribution in [3.8, 4) is 0 Å². The first-order valence-corrected chi connectivity index (χ1v) is 6.83. The first-order valence-electron chi connectivity index (χ1n) is 5.60. The summed E-state index contributed by atoms with van der Waals surface area (Å²) in [5.74, 6) is 0. The van der Waals surface area contributed by atoms with Crippen LogP contribution in [0, 0.1) is 0 Å². The first-order chi connectivity index (χ1) is 7.57. The molecule has 2 unspecified atom stereocenters. The Kier molecular flexibility index (Phi) is 3.93.